The van der Waals surface area contributed by atoms with Crippen molar-refractivity contribution in [1.82, 2.24) is 25.4 Å². The van der Waals surface area contributed by atoms with E-state index >= 15 is 0 Å². The molecule has 10 heteroatoms. The number of halogens is 2. The topological polar surface area (TPSA) is 76.1 Å². The Morgan fingerprint density at radius 2 is 2.00 bits per heavy atom. The van der Waals surface area contributed by atoms with Crippen LogP contribution in [0, 0.1) is 5.92 Å². The van der Waals surface area contributed by atoms with Gasteiger partial charge in [-0.15, -0.1) is 24.0 Å². The first-order chi connectivity index (χ1) is 15.1. The van der Waals surface area contributed by atoms with E-state index in [2.05, 4.69) is 35.3 Å². The van der Waals surface area contributed by atoms with Crippen molar-refractivity contribution in [3.05, 3.63) is 23.4 Å². The second-order valence-electron chi connectivity index (χ2n) is 8.68. The SMILES string of the molecule is CN=C(NCCN1CCN(C(=O)C2CCC2)CC1)NC1CCN(c2ncccc2Cl)C1.I. The molecule has 3 heterocycles. The Morgan fingerprint density at radius 1 is 1.22 bits per heavy atom. The number of guanidine groups is 1. The zero-order valence-corrected chi connectivity index (χ0v) is 21.9. The van der Waals surface area contributed by atoms with Crippen LogP contribution in [0.15, 0.2) is 23.3 Å². The number of carbonyl (C=O) groups excluding carboxylic acids is 1. The van der Waals surface area contributed by atoms with E-state index in [0.717, 1.165) is 83.4 Å². The lowest BCUT2D eigenvalue weighted by atomic mass is 9.84. The van der Waals surface area contributed by atoms with Crippen molar-refractivity contribution in [3.63, 3.8) is 0 Å². The Morgan fingerprint density at radius 3 is 2.66 bits per heavy atom. The Labute approximate surface area is 213 Å². The van der Waals surface area contributed by atoms with Gasteiger partial charge in [0.2, 0.25) is 5.91 Å². The van der Waals surface area contributed by atoms with E-state index in [1.165, 1.54) is 6.42 Å². The minimum Gasteiger partial charge on any atom is -0.355 e. The summed E-state index contributed by atoms with van der Waals surface area (Å²) in [5.74, 6) is 2.37. The third-order valence-corrected chi connectivity index (χ3v) is 6.95. The molecule has 1 atom stereocenters. The lowest BCUT2D eigenvalue weighted by molar-refractivity contribution is -0.139. The maximum Gasteiger partial charge on any atom is 0.225 e. The zero-order chi connectivity index (χ0) is 21.6. The number of amides is 1. The van der Waals surface area contributed by atoms with Crippen molar-refractivity contribution in [1.29, 1.82) is 0 Å². The van der Waals surface area contributed by atoms with Gasteiger partial charge in [0.1, 0.15) is 5.82 Å². The van der Waals surface area contributed by atoms with Crippen LogP contribution in [0.25, 0.3) is 0 Å². The van der Waals surface area contributed by atoms with Gasteiger partial charge in [-0.3, -0.25) is 14.7 Å². The maximum atomic E-state index is 12.4. The monoisotopic (exact) mass is 575 g/mol. The van der Waals surface area contributed by atoms with Gasteiger partial charge in [0.25, 0.3) is 0 Å². The number of rotatable bonds is 6. The highest BCUT2D eigenvalue weighted by Gasteiger charge is 2.31. The van der Waals surface area contributed by atoms with Gasteiger partial charge in [-0.1, -0.05) is 18.0 Å². The van der Waals surface area contributed by atoms with E-state index in [0.29, 0.717) is 22.9 Å². The molecule has 2 saturated heterocycles. The van der Waals surface area contributed by atoms with Crippen molar-refractivity contribution < 1.29 is 4.79 Å². The van der Waals surface area contributed by atoms with Crippen molar-refractivity contribution in [3.8, 4) is 0 Å². The fourth-order valence-electron chi connectivity index (χ4n) is 4.51. The van der Waals surface area contributed by atoms with Gasteiger partial charge in [-0.2, -0.15) is 0 Å². The van der Waals surface area contributed by atoms with E-state index in [-0.39, 0.29) is 24.0 Å². The molecule has 8 nitrogen and oxygen atoms in total. The van der Waals surface area contributed by atoms with Gasteiger partial charge < -0.3 is 20.4 Å². The molecule has 1 amide bonds. The number of piperazine rings is 1. The first kappa shape index (κ1) is 25.3. The Bertz CT molecular complexity index is 783. The van der Waals surface area contributed by atoms with Crippen LogP contribution in [0.2, 0.25) is 5.02 Å². The predicted molar refractivity (Wildman–Crippen MR) is 140 cm³/mol. The third kappa shape index (κ3) is 6.38. The maximum absolute atomic E-state index is 12.4. The van der Waals surface area contributed by atoms with Crippen LogP contribution in [0.1, 0.15) is 25.7 Å². The summed E-state index contributed by atoms with van der Waals surface area (Å²) in [7, 11) is 1.81. The number of nitrogens with one attached hydrogen (secondary N) is 2. The average Bonchev–Trinajstić information content (AvgIpc) is 3.21. The minimum atomic E-state index is 0. The molecule has 0 aromatic carbocycles. The molecule has 178 valence electrons. The minimum absolute atomic E-state index is 0. The lowest BCUT2D eigenvalue weighted by Crippen LogP contribution is -2.53. The standard InChI is InChI=1S/C22H34ClN7O.HI/c1-24-22(27-18-7-10-30(16-18)20-19(23)6-3-8-25-20)26-9-11-28-12-14-29(15-13-28)21(31)17-4-2-5-17;/h3,6,8,17-18H,2,4-5,7,9-16H2,1H3,(H2,24,26,27);1H. The van der Waals surface area contributed by atoms with Crippen LogP contribution in [-0.4, -0.2) is 92.1 Å². The summed E-state index contributed by atoms with van der Waals surface area (Å²) >= 11 is 6.29. The molecule has 32 heavy (non-hydrogen) atoms. The smallest absolute Gasteiger partial charge is 0.225 e. The van der Waals surface area contributed by atoms with Crippen molar-refractivity contribution in [2.45, 2.75) is 31.7 Å². The molecule has 0 spiro atoms. The molecule has 1 saturated carbocycles. The molecule has 1 unspecified atom stereocenters. The molecule has 2 N–H and O–H groups in total. The Balaban J connectivity index is 0.00000289. The van der Waals surface area contributed by atoms with Gasteiger partial charge in [-0.05, 0) is 31.4 Å². The van der Waals surface area contributed by atoms with E-state index < -0.39 is 0 Å². The quantitative estimate of drug-likeness (QED) is 0.307. The van der Waals surface area contributed by atoms with Gasteiger partial charge in [-0.25, -0.2) is 4.98 Å². The summed E-state index contributed by atoms with van der Waals surface area (Å²) in [6.45, 7) is 7.19. The van der Waals surface area contributed by atoms with Crippen LogP contribution in [0.4, 0.5) is 5.82 Å². The zero-order valence-electron chi connectivity index (χ0n) is 18.8. The van der Waals surface area contributed by atoms with Gasteiger partial charge in [0, 0.05) is 77.6 Å². The number of carbonyl (C=O) groups is 1. The van der Waals surface area contributed by atoms with Gasteiger partial charge in [0.05, 0.1) is 5.02 Å². The molecule has 2 aliphatic heterocycles. The van der Waals surface area contributed by atoms with E-state index in [4.69, 9.17) is 11.6 Å². The number of aromatic nitrogens is 1. The molecule has 3 aliphatic rings. The number of anilines is 1. The highest BCUT2D eigenvalue weighted by Crippen LogP contribution is 2.28. The van der Waals surface area contributed by atoms with Crippen LogP contribution in [-0.2, 0) is 4.79 Å². The molecular weight excluding hydrogens is 541 g/mol. The van der Waals surface area contributed by atoms with Crippen molar-refractivity contribution >= 4 is 53.3 Å². The first-order valence-electron chi connectivity index (χ1n) is 11.5. The number of aliphatic imine (C=N–C) groups is 1. The molecule has 0 radical (unpaired) electrons. The Hall–Kier alpha value is -1.33. The number of hydrogen-bond acceptors (Lipinski definition) is 5. The summed E-state index contributed by atoms with van der Waals surface area (Å²) in [5, 5.41) is 7.66. The molecule has 1 aromatic heterocycles. The summed E-state index contributed by atoms with van der Waals surface area (Å²) in [6.07, 6.45) is 6.19. The van der Waals surface area contributed by atoms with Crippen LogP contribution in [0.3, 0.4) is 0 Å². The predicted octanol–water partition coefficient (Wildman–Crippen LogP) is 2.04. The van der Waals surface area contributed by atoms with Crippen LogP contribution >= 0.6 is 35.6 Å². The molecular formula is C22H35ClIN7O. The molecule has 4 rings (SSSR count). The highest BCUT2D eigenvalue weighted by molar-refractivity contribution is 14.0. The van der Waals surface area contributed by atoms with Crippen LogP contribution < -0.4 is 15.5 Å². The van der Waals surface area contributed by atoms with E-state index in [1.54, 1.807) is 6.20 Å². The second kappa shape index (κ2) is 12.2. The molecule has 3 fully saturated rings. The third-order valence-electron chi connectivity index (χ3n) is 6.65. The normalized spacial score (nSPS) is 22.3. The van der Waals surface area contributed by atoms with Crippen molar-refractivity contribution in [2.75, 3.05) is 64.3 Å². The second-order valence-corrected chi connectivity index (χ2v) is 9.09. The summed E-state index contributed by atoms with van der Waals surface area (Å²) < 4.78 is 0. The van der Waals surface area contributed by atoms with E-state index in [9.17, 15) is 4.79 Å². The molecule has 0 bridgehead atoms. The lowest BCUT2D eigenvalue weighted by Gasteiger charge is -2.38. The number of hydrogen-bond donors (Lipinski definition) is 2. The summed E-state index contributed by atoms with van der Waals surface area (Å²) in [6, 6.07) is 4.05. The first-order valence-corrected chi connectivity index (χ1v) is 11.9. The van der Waals surface area contributed by atoms with Gasteiger partial charge >= 0.3 is 0 Å². The van der Waals surface area contributed by atoms with Crippen LogP contribution in [0.5, 0.6) is 0 Å². The fourth-order valence-corrected chi connectivity index (χ4v) is 4.75. The van der Waals surface area contributed by atoms with Gasteiger partial charge in [0.15, 0.2) is 5.96 Å². The average molecular weight is 576 g/mol. The summed E-state index contributed by atoms with van der Waals surface area (Å²) in [5.41, 5.74) is 0. The van der Waals surface area contributed by atoms with E-state index in [1.807, 2.05) is 19.2 Å². The number of nitrogens with zero attached hydrogens (tertiary/aromatic N) is 5. The van der Waals surface area contributed by atoms with Crippen molar-refractivity contribution in [2.24, 2.45) is 10.9 Å². The Kier molecular flexibility index (Phi) is 9.66. The highest BCUT2D eigenvalue weighted by atomic mass is 127. The largest absolute Gasteiger partial charge is 0.355 e. The summed E-state index contributed by atoms with van der Waals surface area (Å²) in [4.78, 5) is 27.9. The fraction of sp³-hybridized carbons (Fsp3) is 0.682. The molecule has 1 aliphatic carbocycles. The number of pyridine rings is 1. The molecule has 1 aromatic rings.